The SMILES string of the molecule is CC(C)c1ccc(C(C)C)c2snnc12. The van der Waals surface area contributed by atoms with Crippen LogP contribution < -0.4 is 0 Å². The summed E-state index contributed by atoms with van der Waals surface area (Å²) in [5.41, 5.74) is 3.77. The predicted molar refractivity (Wildman–Crippen MR) is 65.6 cm³/mol. The maximum absolute atomic E-state index is 4.25. The average molecular weight is 220 g/mol. The fraction of sp³-hybridized carbons (Fsp3) is 0.500. The molecule has 1 aromatic heterocycles. The molecule has 0 N–H and O–H groups in total. The van der Waals surface area contributed by atoms with E-state index in [-0.39, 0.29) is 0 Å². The highest BCUT2D eigenvalue weighted by Gasteiger charge is 2.13. The summed E-state index contributed by atoms with van der Waals surface area (Å²) in [4.78, 5) is 0. The molecule has 0 aliphatic rings. The molecule has 2 nitrogen and oxygen atoms in total. The van der Waals surface area contributed by atoms with Crippen molar-refractivity contribution in [2.75, 3.05) is 0 Å². The van der Waals surface area contributed by atoms with Gasteiger partial charge in [-0.15, -0.1) is 5.10 Å². The van der Waals surface area contributed by atoms with Gasteiger partial charge in [-0.1, -0.05) is 44.3 Å². The van der Waals surface area contributed by atoms with E-state index in [0.29, 0.717) is 11.8 Å². The smallest absolute Gasteiger partial charge is 0.109 e. The van der Waals surface area contributed by atoms with Gasteiger partial charge in [-0.05, 0) is 34.5 Å². The van der Waals surface area contributed by atoms with E-state index in [1.807, 2.05) is 0 Å². The van der Waals surface area contributed by atoms with Gasteiger partial charge in [0.1, 0.15) is 5.52 Å². The second-order valence-electron chi connectivity index (χ2n) is 4.50. The van der Waals surface area contributed by atoms with Crippen molar-refractivity contribution in [1.82, 2.24) is 9.59 Å². The van der Waals surface area contributed by atoms with Crippen LogP contribution in [0, 0.1) is 0 Å². The quantitative estimate of drug-likeness (QED) is 0.766. The zero-order valence-electron chi connectivity index (χ0n) is 9.61. The van der Waals surface area contributed by atoms with Crippen molar-refractivity contribution in [3.8, 4) is 0 Å². The van der Waals surface area contributed by atoms with Gasteiger partial charge in [0.15, 0.2) is 0 Å². The van der Waals surface area contributed by atoms with Crippen molar-refractivity contribution < 1.29 is 0 Å². The summed E-state index contributed by atoms with van der Waals surface area (Å²) in [6.07, 6.45) is 0. The summed E-state index contributed by atoms with van der Waals surface area (Å²) < 4.78 is 5.34. The standard InChI is InChI=1S/C12H16N2S/c1-7(2)9-5-6-10(8(3)4)12-11(9)13-14-15-12/h5-8H,1-4H3. The fourth-order valence-electron chi connectivity index (χ4n) is 1.82. The van der Waals surface area contributed by atoms with E-state index < -0.39 is 0 Å². The third-order valence-electron chi connectivity index (χ3n) is 2.71. The summed E-state index contributed by atoms with van der Waals surface area (Å²) >= 11 is 1.51. The van der Waals surface area contributed by atoms with E-state index in [1.54, 1.807) is 0 Å². The molecular formula is C12H16N2S. The first-order valence-corrected chi connectivity index (χ1v) is 6.13. The lowest BCUT2D eigenvalue weighted by Gasteiger charge is -2.10. The van der Waals surface area contributed by atoms with Gasteiger partial charge in [-0.3, -0.25) is 0 Å². The highest BCUT2D eigenvalue weighted by molar-refractivity contribution is 7.13. The Morgan fingerprint density at radius 3 is 2.20 bits per heavy atom. The average Bonchev–Trinajstić information content (AvgIpc) is 2.63. The summed E-state index contributed by atoms with van der Waals surface area (Å²) in [7, 11) is 0. The monoisotopic (exact) mass is 220 g/mol. The molecule has 1 heterocycles. The van der Waals surface area contributed by atoms with Gasteiger partial charge in [0, 0.05) is 0 Å². The van der Waals surface area contributed by atoms with Gasteiger partial charge in [-0.25, -0.2) is 0 Å². The molecule has 0 fully saturated rings. The minimum Gasteiger partial charge on any atom is -0.138 e. The van der Waals surface area contributed by atoms with Crippen molar-refractivity contribution in [2.45, 2.75) is 39.5 Å². The van der Waals surface area contributed by atoms with Crippen LogP contribution in [-0.2, 0) is 0 Å². The molecule has 80 valence electrons. The first-order chi connectivity index (χ1) is 7.11. The van der Waals surface area contributed by atoms with Crippen LogP contribution in [0.4, 0.5) is 0 Å². The molecular weight excluding hydrogens is 204 g/mol. The Balaban J connectivity index is 2.71. The lowest BCUT2D eigenvalue weighted by molar-refractivity contribution is 0.857. The van der Waals surface area contributed by atoms with Crippen molar-refractivity contribution in [3.63, 3.8) is 0 Å². The highest BCUT2D eigenvalue weighted by atomic mass is 32.1. The van der Waals surface area contributed by atoms with E-state index >= 15 is 0 Å². The molecule has 0 atom stereocenters. The van der Waals surface area contributed by atoms with Gasteiger partial charge < -0.3 is 0 Å². The van der Waals surface area contributed by atoms with Crippen molar-refractivity contribution >= 4 is 21.7 Å². The first kappa shape index (κ1) is 10.6. The largest absolute Gasteiger partial charge is 0.138 e. The number of aromatic nitrogens is 2. The van der Waals surface area contributed by atoms with Gasteiger partial charge in [-0.2, -0.15) is 0 Å². The van der Waals surface area contributed by atoms with Crippen LogP contribution in [0.1, 0.15) is 50.7 Å². The molecule has 15 heavy (non-hydrogen) atoms. The van der Waals surface area contributed by atoms with E-state index in [9.17, 15) is 0 Å². The number of hydrogen-bond donors (Lipinski definition) is 0. The topological polar surface area (TPSA) is 25.8 Å². The van der Waals surface area contributed by atoms with Crippen LogP contribution in [0.3, 0.4) is 0 Å². The Morgan fingerprint density at radius 2 is 1.60 bits per heavy atom. The Labute approximate surface area is 94.5 Å². The van der Waals surface area contributed by atoms with Gasteiger partial charge in [0.2, 0.25) is 0 Å². The molecule has 0 saturated carbocycles. The summed E-state index contributed by atoms with van der Waals surface area (Å²) in [5, 5.41) is 4.25. The summed E-state index contributed by atoms with van der Waals surface area (Å²) in [5.74, 6) is 1.05. The van der Waals surface area contributed by atoms with Crippen LogP contribution >= 0.6 is 11.5 Å². The molecule has 0 bridgehead atoms. The Kier molecular flexibility index (Phi) is 2.74. The number of rotatable bonds is 2. The lowest BCUT2D eigenvalue weighted by atomic mass is 9.96. The van der Waals surface area contributed by atoms with Crippen molar-refractivity contribution in [2.24, 2.45) is 0 Å². The number of nitrogens with zero attached hydrogens (tertiary/aromatic N) is 2. The van der Waals surface area contributed by atoms with Crippen LogP contribution in [-0.4, -0.2) is 9.59 Å². The van der Waals surface area contributed by atoms with Crippen LogP contribution in [0.25, 0.3) is 10.2 Å². The highest BCUT2D eigenvalue weighted by Crippen LogP contribution is 2.32. The molecule has 0 unspecified atom stereocenters. The summed E-state index contributed by atoms with van der Waals surface area (Å²) in [6.45, 7) is 8.82. The molecule has 0 aliphatic heterocycles. The maximum Gasteiger partial charge on any atom is 0.109 e. The Bertz CT molecular complexity index is 429. The van der Waals surface area contributed by atoms with E-state index in [1.165, 1.54) is 27.4 Å². The van der Waals surface area contributed by atoms with Gasteiger partial charge in [0.25, 0.3) is 0 Å². The third-order valence-corrected chi connectivity index (χ3v) is 3.49. The van der Waals surface area contributed by atoms with E-state index in [2.05, 4.69) is 49.4 Å². The first-order valence-electron chi connectivity index (χ1n) is 5.36. The van der Waals surface area contributed by atoms with Crippen LogP contribution in [0.2, 0.25) is 0 Å². The van der Waals surface area contributed by atoms with Crippen molar-refractivity contribution in [1.29, 1.82) is 0 Å². The van der Waals surface area contributed by atoms with Crippen molar-refractivity contribution in [3.05, 3.63) is 23.3 Å². The third kappa shape index (κ3) is 1.76. The number of fused-ring (bicyclic) bond motifs is 1. The zero-order chi connectivity index (χ0) is 11.0. The Hall–Kier alpha value is -0.960. The molecule has 0 spiro atoms. The maximum atomic E-state index is 4.25. The fourth-order valence-corrected chi connectivity index (χ4v) is 2.68. The predicted octanol–water partition coefficient (Wildman–Crippen LogP) is 3.94. The second-order valence-corrected chi connectivity index (χ2v) is 5.26. The normalized spacial score (nSPS) is 11.9. The Morgan fingerprint density at radius 1 is 1.00 bits per heavy atom. The lowest BCUT2D eigenvalue weighted by Crippen LogP contribution is -1.93. The molecule has 0 saturated heterocycles. The number of benzene rings is 1. The molecule has 3 heteroatoms. The van der Waals surface area contributed by atoms with Crippen LogP contribution in [0.5, 0.6) is 0 Å². The molecule has 1 aromatic carbocycles. The zero-order valence-corrected chi connectivity index (χ0v) is 10.4. The van der Waals surface area contributed by atoms with E-state index in [0.717, 1.165) is 5.52 Å². The van der Waals surface area contributed by atoms with E-state index in [4.69, 9.17) is 0 Å². The molecule has 0 aliphatic carbocycles. The minimum atomic E-state index is 0.512. The molecule has 2 aromatic rings. The number of hydrogen-bond acceptors (Lipinski definition) is 3. The van der Waals surface area contributed by atoms with Gasteiger partial charge in [0.05, 0.1) is 4.70 Å². The summed E-state index contributed by atoms with van der Waals surface area (Å²) in [6, 6.07) is 4.42. The van der Waals surface area contributed by atoms with Crippen LogP contribution in [0.15, 0.2) is 12.1 Å². The molecule has 0 radical (unpaired) electrons. The van der Waals surface area contributed by atoms with Gasteiger partial charge >= 0.3 is 0 Å². The minimum absolute atomic E-state index is 0.512. The second kappa shape index (κ2) is 3.89. The molecule has 2 rings (SSSR count). The molecule has 0 amide bonds.